The van der Waals surface area contributed by atoms with E-state index in [9.17, 15) is 0 Å². The van der Waals surface area contributed by atoms with Gasteiger partial charge in [-0.15, -0.1) is 0 Å². The Morgan fingerprint density at radius 1 is 0.531 bits per heavy atom. The third-order valence-corrected chi connectivity index (χ3v) is 5.35. The maximum Gasteiger partial charge on any atom is 0.0959 e. The third-order valence-electron chi connectivity index (χ3n) is 5.35. The van der Waals surface area contributed by atoms with Crippen LogP contribution in [0.15, 0.2) is 37.0 Å². The van der Waals surface area contributed by atoms with Crippen LogP contribution in [-0.4, -0.2) is 99.0 Å². The SMILES string of the molecule is C=C(C(C)C)N(C)C.C=C(C)N(C)C(C)C.C=C(N(C)C)N(C)C(C)C.CC(C)N(C)C. The highest BCUT2D eigenvalue weighted by Crippen LogP contribution is 2.07. The minimum absolute atomic E-state index is 0.523. The molecule has 0 aliphatic carbocycles. The molecule has 0 rings (SSSR count). The van der Waals surface area contributed by atoms with E-state index in [0.29, 0.717) is 24.0 Å². The lowest BCUT2D eigenvalue weighted by Gasteiger charge is -2.30. The summed E-state index contributed by atoms with van der Waals surface area (Å²) >= 11 is 0. The first-order chi connectivity index (χ1) is 14.2. The summed E-state index contributed by atoms with van der Waals surface area (Å²) in [4.78, 5) is 10.5. The number of hydrogen-bond donors (Lipinski definition) is 0. The van der Waals surface area contributed by atoms with Crippen molar-refractivity contribution in [2.75, 3.05) is 56.4 Å². The van der Waals surface area contributed by atoms with Crippen molar-refractivity contribution in [3.8, 4) is 0 Å². The predicted octanol–water partition coefficient (Wildman–Crippen LogP) is 5.89. The van der Waals surface area contributed by atoms with Crippen LogP contribution in [0.5, 0.6) is 0 Å². The van der Waals surface area contributed by atoms with Crippen molar-refractivity contribution >= 4 is 0 Å². The van der Waals surface area contributed by atoms with Crippen LogP contribution < -0.4 is 0 Å². The molecule has 0 bridgehead atoms. The van der Waals surface area contributed by atoms with Crippen LogP contribution >= 0.6 is 0 Å². The van der Waals surface area contributed by atoms with Crippen LogP contribution in [-0.2, 0) is 0 Å². The monoisotopic (exact) mass is 455 g/mol. The molecule has 0 fully saturated rings. The van der Waals surface area contributed by atoms with Crippen LogP contribution in [0.3, 0.4) is 0 Å². The summed E-state index contributed by atoms with van der Waals surface area (Å²) in [6, 6.07) is 1.78. The summed E-state index contributed by atoms with van der Waals surface area (Å²) in [5, 5.41) is 0. The van der Waals surface area contributed by atoms with Crippen molar-refractivity contribution in [1.29, 1.82) is 0 Å². The Bertz CT molecular complexity index is 472. The fourth-order valence-corrected chi connectivity index (χ4v) is 1.57. The van der Waals surface area contributed by atoms with E-state index in [1.165, 1.54) is 5.70 Å². The van der Waals surface area contributed by atoms with E-state index in [-0.39, 0.29) is 0 Å². The van der Waals surface area contributed by atoms with Gasteiger partial charge in [0.05, 0.1) is 5.82 Å². The molecule has 0 saturated carbocycles. The molecule has 0 amide bonds. The standard InChI is InChI=1S/C8H18N2.2C7H15N.C5H13N/c1-7(2)10(6)8(3)9(4)5;1-6(2)7(3)8(4)5;1-6(2)8(5)7(3)4;1-5(2)6(3)4/h7H,3H2,1-2,4-6H3;6H,3H2,1-2,4-5H3;7H,1H2,2-5H3;5H,1-4H3. The predicted molar refractivity (Wildman–Crippen MR) is 150 cm³/mol. The van der Waals surface area contributed by atoms with Crippen LogP contribution in [0.4, 0.5) is 0 Å². The van der Waals surface area contributed by atoms with Crippen molar-refractivity contribution in [2.24, 2.45) is 5.92 Å². The van der Waals surface area contributed by atoms with Crippen molar-refractivity contribution in [3.63, 3.8) is 0 Å². The summed E-state index contributed by atoms with van der Waals surface area (Å²) in [6.45, 7) is 30.8. The molecule has 5 nitrogen and oxygen atoms in total. The van der Waals surface area contributed by atoms with E-state index < -0.39 is 0 Å². The quantitative estimate of drug-likeness (QED) is 0.452. The second-order valence-corrected chi connectivity index (χ2v) is 10.1. The Labute approximate surface area is 204 Å². The first-order valence-electron chi connectivity index (χ1n) is 11.7. The molecule has 32 heavy (non-hydrogen) atoms. The minimum atomic E-state index is 0.523. The van der Waals surface area contributed by atoms with E-state index in [0.717, 1.165) is 11.5 Å². The summed E-state index contributed by atoms with van der Waals surface area (Å²) in [5.74, 6) is 1.62. The highest BCUT2D eigenvalue weighted by atomic mass is 15.3. The van der Waals surface area contributed by atoms with Gasteiger partial charge in [0.25, 0.3) is 0 Å². The number of rotatable bonds is 8. The lowest BCUT2D eigenvalue weighted by Crippen LogP contribution is -2.32. The highest BCUT2D eigenvalue weighted by Gasteiger charge is 2.06. The second-order valence-electron chi connectivity index (χ2n) is 10.1. The normalized spacial score (nSPS) is 9.94. The molecule has 0 aromatic heterocycles. The zero-order valence-electron chi connectivity index (χ0n) is 25.2. The molecule has 194 valence electrons. The molecule has 0 N–H and O–H groups in total. The van der Waals surface area contributed by atoms with Gasteiger partial charge in [0.1, 0.15) is 0 Å². The van der Waals surface area contributed by atoms with Crippen molar-refractivity contribution < 1.29 is 0 Å². The second kappa shape index (κ2) is 20.0. The first kappa shape index (κ1) is 37.7. The van der Waals surface area contributed by atoms with Crippen molar-refractivity contribution in [3.05, 3.63) is 37.0 Å². The largest absolute Gasteiger partial charge is 0.381 e. The number of allylic oxidation sites excluding steroid dienone is 2. The van der Waals surface area contributed by atoms with Crippen LogP contribution in [0.25, 0.3) is 0 Å². The zero-order chi connectivity index (χ0) is 26.9. The topological polar surface area (TPSA) is 16.2 Å². The van der Waals surface area contributed by atoms with Gasteiger partial charge in [-0.05, 0) is 68.5 Å². The number of nitrogens with zero attached hydrogens (tertiary/aromatic N) is 5. The summed E-state index contributed by atoms with van der Waals surface area (Å²) in [7, 11) is 16.3. The average molecular weight is 456 g/mol. The average Bonchev–Trinajstić information content (AvgIpc) is 2.66. The molecule has 0 aliphatic heterocycles. The Morgan fingerprint density at radius 2 is 0.844 bits per heavy atom. The van der Waals surface area contributed by atoms with Gasteiger partial charge in [-0.3, -0.25) is 0 Å². The van der Waals surface area contributed by atoms with Gasteiger partial charge in [-0.2, -0.15) is 0 Å². The summed E-state index contributed by atoms with van der Waals surface area (Å²) in [6.07, 6.45) is 0. The lowest BCUT2D eigenvalue weighted by atomic mass is 10.1. The maximum atomic E-state index is 3.93. The highest BCUT2D eigenvalue weighted by molar-refractivity contribution is 4.93. The van der Waals surface area contributed by atoms with Crippen LogP contribution in [0, 0.1) is 5.92 Å². The smallest absolute Gasteiger partial charge is 0.0959 e. The molecule has 0 aromatic carbocycles. The van der Waals surface area contributed by atoms with E-state index in [4.69, 9.17) is 0 Å². The lowest BCUT2D eigenvalue weighted by molar-refractivity contribution is 0.258. The summed E-state index contributed by atoms with van der Waals surface area (Å²) in [5.41, 5.74) is 2.31. The number of hydrogen-bond acceptors (Lipinski definition) is 5. The molecular formula is C27H61N5. The molecule has 0 unspecified atom stereocenters. The van der Waals surface area contributed by atoms with E-state index in [1.54, 1.807) is 0 Å². The molecule has 0 atom stereocenters. The molecular weight excluding hydrogens is 394 g/mol. The van der Waals surface area contributed by atoms with Crippen molar-refractivity contribution in [1.82, 2.24) is 24.5 Å². The Hall–Kier alpha value is -1.62. The third kappa shape index (κ3) is 23.1. The van der Waals surface area contributed by atoms with E-state index in [2.05, 4.69) is 104 Å². The molecule has 0 spiro atoms. The molecule has 0 aromatic rings. The Balaban J connectivity index is -0.000000166. The van der Waals surface area contributed by atoms with Crippen LogP contribution in [0.2, 0.25) is 0 Å². The molecule has 0 aliphatic rings. The van der Waals surface area contributed by atoms with E-state index in [1.807, 2.05) is 59.0 Å². The fraction of sp³-hybridized carbons (Fsp3) is 0.778. The minimum Gasteiger partial charge on any atom is -0.381 e. The first-order valence-corrected chi connectivity index (χ1v) is 11.7. The van der Waals surface area contributed by atoms with Gasteiger partial charge in [0.15, 0.2) is 0 Å². The maximum absolute atomic E-state index is 3.93. The Morgan fingerprint density at radius 3 is 0.875 bits per heavy atom. The van der Waals surface area contributed by atoms with Gasteiger partial charge in [0.2, 0.25) is 0 Å². The summed E-state index contributed by atoms with van der Waals surface area (Å²) < 4.78 is 0. The Kier molecular flexibility index (Phi) is 23.6. The zero-order valence-corrected chi connectivity index (χ0v) is 25.2. The van der Waals surface area contributed by atoms with Crippen molar-refractivity contribution in [2.45, 2.75) is 80.4 Å². The van der Waals surface area contributed by atoms with Gasteiger partial charge in [0, 0.05) is 71.8 Å². The van der Waals surface area contributed by atoms with Gasteiger partial charge in [-0.1, -0.05) is 33.6 Å². The molecule has 0 heterocycles. The van der Waals surface area contributed by atoms with Crippen LogP contribution in [0.1, 0.15) is 62.3 Å². The molecule has 5 heteroatoms. The molecule has 0 saturated heterocycles. The van der Waals surface area contributed by atoms with E-state index >= 15 is 0 Å². The fourth-order valence-electron chi connectivity index (χ4n) is 1.57. The van der Waals surface area contributed by atoms with Gasteiger partial charge in [-0.25, -0.2) is 0 Å². The van der Waals surface area contributed by atoms with Gasteiger partial charge < -0.3 is 24.5 Å². The molecule has 0 radical (unpaired) electrons. The van der Waals surface area contributed by atoms with Gasteiger partial charge >= 0.3 is 0 Å².